The average molecular weight is 321 g/mol. The summed E-state index contributed by atoms with van der Waals surface area (Å²) in [6.07, 6.45) is -0.114. The van der Waals surface area contributed by atoms with Crippen LogP contribution in [0.1, 0.15) is 32.3 Å². The fourth-order valence-corrected chi connectivity index (χ4v) is 3.02. The number of rotatable bonds is 1. The van der Waals surface area contributed by atoms with Crippen molar-refractivity contribution in [2.75, 3.05) is 0 Å². The Kier molecular flexibility index (Phi) is 3.76. The van der Waals surface area contributed by atoms with E-state index in [2.05, 4.69) is 15.9 Å². The first-order chi connectivity index (χ1) is 8.33. The first-order valence-electron chi connectivity index (χ1n) is 5.85. The second kappa shape index (κ2) is 4.87. The van der Waals surface area contributed by atoms with Gasteiger partial charge in [0.1, 0.15) is 17.2 Å². The van der Waals surface area contributed by atoms with Crippen molar-refractivity contribution < 1.29 is 18.6 Å². The molecule has 0 bridgehead atoms. The lowest BCUT2D eigenvalue weighted by atomic mass is 9.81. The summed E-state index contributed by atoms with van der Waals surface area (Å²) in [5.41, 5.74) is -1.78. The number of hydrogen-bond donors (Lipinski definition) is 1. The van der Waals surface area contributed by atoms with Gasteiger partial charge in [-0.3, -0.25) is 0 Å². The van der Waals surface area contributed by atoms with Crippen molar-refractivity contribution in [3.63, 3.8) is 0 Å². The van der Waals surface area contributed by atoms with E-state index in [1.54, 1.807) is 13.8 Å². The molecule has 2 atom stereocenters. The first-order valence-corrected chi connectivity index (χ1v) is 6.64. The number of ether oxygens (including phenoxy) is 1. The van der Waals surface area contributed by atoms with E-state index in [4.69, 9.17) is 4.74 Å². The third-order valence-electron chi connectivity index (χ3n) is 3.22. The Morgan fingerprint density at radius 1 is 1.28 bits per heavy atom. The third kappa shape index (κ3) is 2.44. The minimum Gasteiger partial charge on any atom is -0.385 e. The average Bonchev–Trinajstić information content (AvgIpc) is 2.21. The Morgan fingerprint density at radius 2 is 1.83 bits per heavy atom. The standard InChI is InChI=1S/C13H15BrF2O2/c1-7-5-13(17,6-8(2)18-7)11-10(15)4-3-9(14)12(11)16/h3-4,7-8,17H,5-6H2,1-2H3. The Labute approximate surface area is 113 Å². The highest BCUT2D eigenvalue weighted by Gasteiger charge is 2.42. The van der Waals surface area contributed by atoms with Gasteiger partial charge in [0.2, 0.25) is 0 Å². The topological polar surface area (TPSA) is 29.5 Å². The van der Waals surface area contributed by atoms with Crippen molar-refractivity contribution in [3.05, 3.63) is 33.8 Å². The molecule has 2 unspecified atom stereocenters. The molecule has 2 rings (SSSR count). The summed E-state index contributed by atoms with van der Waals surface area (Å²) in [6, 6.07) is 2.45. The Balaban J connectivity index is 2.50. The molecular weight excluding hydrogens is 306 g/mol. The molecule has 0 radical (unpaired) electrons. The maximum absolute atomic E-state index is 14.1. The van der Waals surface area contributed by atoms with Gasteiger partial charge in [0.05, 0.1) is 22.2 Å². The fraction of sp³-hybridized carbons (Fsp3) is 0.538. The molecule has 0 amide bonds. The van der Waals surface area contributed by atoms with Gasteiger partial charge < -0.3 is 9.84 Å². The second-order valence-corrected chi connectivity index (χ2v) is 5.77. The van der Waals surface area contributed by atoms with Gasteiger partial charge in [0.25, 0.3) is 0 Å². The third-order valence-corrected chi connectivity index (χ3v) is 3.84. The van der Waals surface area contributed by atoms with Crippen LogP contribution in [0, 0.1) is 11.6 Å². The summed E-state index contributed by atoms with van der Waals surface area (Å²) in [5, 5.41) is 10.6. The minimum atomic E-state index is -1.52. The summed E-state index contributed by atoms with van der Waals surface area (Å²) in [7, 11) is 0. The Hall–Kier alpha value is -0.520. The van der Waals surface area contributed by atoms with Gasteiger partial charge in [0, 0.05) is 12.8 Å². The van der Waals surface area contributed by atoms with Crippen molar-refractivity contribution in [2.45, 2.75) is 44.5 Å². The van der Waals surface area contributed by atoms with Crippen LogP contribution in [0.15, 0.2) is 16.6 Å². The van der Waals surface area contributed by atoms with Crippen molar-refractivity contribution >= 4 is 15.9 Å². The molecule has 1 aromatic carbocycles. The molecule has 2 nitrogen and oxygen atoms in total. The highest BCUT2D eigenvalue weighted by Crippen LogP contribution is 2.41. The monoisotopic (exact) mass is 320 g/mol. The van der Waals surface area contributed by atoms with E-state index in [9.17, 15) is 13.9 Å². The highest BCUT2D eigenvalue weighted by atomic mass is 79.9. The SMILES string of the molecule is CC1CC(O)(c2c(F)ccc(Br)c2F)CC(C)O1. The predicted octanol–water partition coefficient (Wildman–Crippen LogP) is 3.50. The molecule has 100 valence electrons. The normalized spacial score (nSPS) is 32.6. The van der Waals surface area contributed by atoms with Crippen LogP contribution in [0.25, 0.3) is 0 Å². The smallest absolute Gasteiger partial charge is 0.146 e. The largest absolute Gasteiger partial charge is 0.385 e. The van der Waals surface area contributed by atoms with Gasteiger partial charge in [0.15, 0.2) is 0 Å². The molecule has 0 aliphatic carbocycles. The molecule has 5 heteroatoms. The molecule has 1 aliphatic rings. The molecule has 1 aliphatic heterocycles. The van der Waals surface area contributed by atoms with Gasteiger partial charge in [-0.05, 0) is 41.9 Å². The van der Waals surface area contributed by atoms with Crippen LogP contribution < -0.4 is 0 Å². The van der Waals surface area contributed by atoms with Crippen LogP contribution in [-0.2, 0) is 10.3 Å². The van der Waals surface area contributed by atoms with Gasteiger partial charge in [-0.25, -0.2) is 8.78 Å². The van der Waals surface area contributed by atoms with E-state index in [0.717, 1.165) is 6.07 Å². The Bertz CT molecular complexity index is 455. The maximum Gasteiger partial charge on any atom is 0.146 e. The quantitative estimate of drug-likeness (QED) is 0.802. The summed E-state index contributed by atoms with van der Waals surface area (Å²) in [5.74, 6) is -1.46. The van der Waals surface area contributed by atoms with Gasteiger partial charge >= 0.3 is 0 Å². The van der Waals surface area contributed by atoms with E-state index < -0.39 is 17.2 Å². The maximum atomic E-state index is 14.1. The Morgan fingerprint density at radius 3 is 2.39 bits per heavy atom. The van der Waals surface area contributed by atoms with Crippen molar-refractivity contribution in [2.24, 2.45) is 0 Å². The molecular formula is C13H15BrF2O2. The molecule has 1 saturated heterocycles. The lowest BCUT2D eigenvalue weighted by Gasteiger charge is -2.39. The molecule has 1 N–H and O–H groups in total. The lowest BCUT2D eigenvalue weighted by Crippen LogP contribution is -2.42. The van der Waals surface area contributed by atoms with E-state index in [1.807, 2.05) is 0 Å². The number of hydrogen-bond acceptors (Lipinski definition) is 2. The van der Waals surface area contributed by atoms with Crippen molar-refractivity contribution in [1.29, 1.82) is 0 Å². The van der Waals surface area contributed by atoms with Crippen LogP contribution in [0.3, 0.4) is 0 Å². The predicted molar refractivity (Wildman–Crippen MR) is 67.2 cm³/mol. The first kappa shape index (κ1) is 13.9. The fourth-order valence-electron chi connectivity index (χ4n) is 2.68. The number of benzene rings is 1. The highest BCUT2D eigenvalue weighted by molar-refractivity contribution is 9.10. The molecule has 0 aromatic heterocycles. The van der Waals surface area contributed by atoms with Gasteiger partial charge in [-0.2, -0.15) is 0 Å². The van der Waals surface area contributed by atoms with E-state index in [0.29, 0.717) is 0 Å². The van der Waals surface area contributed by atoms with E-state index in [1.165, 1.54) is 6.07 Å². The van der Waals surface area contributed by atoms with Crippen LogP contribution in [0.5, 0.6) is 0 Å². The molecule has 0 spiro atoms. The van der Waals surface area contributed by atoms with Crippen LogP contribution in [-0.4, -0.2) is 17.3 Å². The van der Waals surface area contributed by atoms with E-state index in [-0.39, 0.29) is 35.1 Å². The number of aliphatic hydroxyl groups is 1. The second-order valence-electron chi connectivity index (χ2n) is 4.92. The minimum absolute atomic E-state index is 0.152. The molecule has 0 saturated carbocycles. The van der Waals surface area contributed by atoms with Crippen LogP contribution >= 0.6 is 15.9 Å². The molecule has 18 heavy (non-hydrogen) atoms. The van der Waals surface area contributed by atoms with Crippen molar-refractivity contribution in [1.82, 2.24) is 0 Å². The van der Waals surface area contributed by atoms with Gasteiger partial charge in [-0.15, -0.1) is 0 Å². The van der Waals surface area contributed by atoms with Crippen LogP contribution in [0.4, 0.5) is 8.78 Å². The molecule has 1 aromatic rings. The van der Waals surface area contributed by atoms with Crippen molar-refractivity contribution in [3.8, 4) is 0 Å². The summed E-state index contributed by atoms with van der Waals surface area (Å²) >= 11 is 3.02. The summed E-state index contributed by atoms with van der Waals surface area (Å²) < 4.78 is 33.6. The van der Waals surface area contributed by atoms with Crippen LogP contribution in [0.2, 0.25) is 0 Å². The van der Waals surface area contributed by atoms with E-state index >= 15 is 0 Å². The van der Waals surface area contributed by atoms with Gasteiger partial charge in [-0.1, -0.05) is 0 Å². The molecule has 1 fully saturated rings. The zero-order chi connectivity index (χ0) is 13.5. The zero-order valence-electron chi connectivity index (χ0n) is 10.2. The summed E-state index contributed by atoms with van der Waals surface area (Å²) in [4.78, 5) is 0. The zero-order valence-corrected chi connectivity index (χ0v) is 11.8. The summed E-state index contributed by atoms with van der Waals surface area (Å²) in [6.45, 7) is 3.57. The number of halogens is 3. The molecule has 1 heterocycles. The lowest BCUT2D eigenvalue weighted by molar-refractivity contribution is -0.138.